The molecule has 66 valence electrons. The molecular weight excluding hydrogens is 168 g/mol. The third-order valence-electron chi connectivity index (χ3n) is 1.90. The average Bonchev–Trinajstić information content (AvgIpc) is 2.17. The van der Waals surface area contributed by atoms with E-state index < -0.39 is 5.97 Å². The zero-order valence-corrected chi connectivity index (χ0v) is 6.82. The number of aromatic nitrogens is 1. The molecule has 1 aliphatic heterocycles. The zero-order valence-electron chi connectivity index (χ0n) is 6.82. The van der Waals surface area contributed by atoms with Crippen LogP contribution in [0.15, 0.2) is 24.4 Å². The number of anilines is 1. The minimum Gasteiger partial charge on any atom is -0.478 e. The van der Waals surface area contributed by atoms with Gasteiger partial charge in [-0.2, -0.15) is 0 Å². The average molecular weight is 176 g/mol. The number of carboxylic acids is 1. The van der Waals surface area contributed by atoms with Crippen molar-refractivity contribution >= 4 is 17.4 Å². The number of carboxylic acid groups (broad SMARTS) is 1. The standard InChI is InChI=1S/C9H8N2O2/c12-9(13)7-3-5-11-8-6(7)2-1-4-10-8/h1-4H,5H2,(H,10,11)(H,12,13). The minimum atomic E-state index is -0.907. The summed E-state index contributed by atoms with van der Waals surface area (Å²) in [6, 6.07) is 3.47. The molecule has 0 fully saturated rings. The molecule has 1 aromatic heterocycles. The number of fused-ring (bicyclic) bond motifs is 1. The Morgan fingerprint density at radius 3 is 3.23 bits per heavy atom. The molecule has 0 amide bonds. The van der Waals surface area contributed by atoms with Gasteiger partial charge in [0.2, 0.25) is 0 Å². The van der Waals surface area contributed by atoms with Crippen molar-refractivity contribution in [3.05, 3.63) is 30.0 Å². The molecule has 2 rings (SSSR count). The van der Waals surface area contributed by atoms with E-state index in [9.17, 15) is 4.79 Å². The first-order chi connectivity index (χ1) is 6.29. The molecule has 0 radical (unpaired) electrons. The lowest BCUT2D eigenvalue weighted by Crippen LogP contribution is -2.13. The van der Waals surface area contributed by atoms with Crippen molar-refractivity contribution in [3.63, 3.8) is 0 Å². The summed E-state index contributed by atoms with van der Waals surface area (Å²) in [5, 5.41) is 11.9. The smallest absolute Gasteiger partial charge is 0.336 e. The van der Waals surface area contributed by atoms with Crippen molar-refractivity contribution in [3.8, 4) is 0 Å². The molecule has 13 heavy (non-hydrogen) atoms. The van der Waals surface area contributed by atoms with Crippen LogP contribution in [0.2, 0.25) is 0 Å². The maximum absolute atomic E-state index is 10.8. The summed E-state index contributed by atoms with van der Waals surface area (Å²) in [7, 11) is 0. The number of rotatable bonds is 1. The maximum Gasteiger partial charge on any atom is 0.336 e. The number of carbonyl (C=O) groups is 1. The Labute approximate surface area is 74.9 Å². The molecule has 4 nitrogen and oxygen atoms in total. The van der Waals surface area contributed by atoms with E-state index in [2.05, 4.69) is 10.3 Å². The van der Waals surface area contributed by atoms with Crippen molar-refractivity contribution in [2.75, 3.05) is 11.9 Å². The van der Waals surface area contributed by atoms with E-state index in [1.165, 1.54) is 0 Å². The van der Waals surface area contributed by atoms with Crippen LogP contribution in [0.3, 0.4) is 0 Å². The molecule has 0 unspecified atom stereocenters. The van der Waals surface area contributed by atoms with E-state index in [4.69, 9.17) is 5.11 Å². The van der Waals surface area contributed by atoms with E-state index in [0.29, 0.717) is 23.5 Å². The predicted molar refractivity (Wildman–Crippen MR) is 48.3 cm³/mol. The molecular formula is C9H8N2O2. The highest BCUT2D eigenvalue weighted by Crippen LogP contribution is 2.24. The molecule has 1 aromatic rings. The van der Waals surface area contributed by atoms with Crippen LogP contribution < -0.4 is 5.32 Å². The molecule has 4 heteroatoms. The fourth-order valence-corrected chi connectivity index (χ4v) is 1.33. The third kappa shape index (κ3) is 1.26. The quantitative estimate of drug-likeness (QED) is 0.669. The van der Waals surface area contributed by atoms with Gasteiger partial charge in [0.1, 0.15) is 5.82 Å². The molecule has 0 aliphatic carbocycles. The van der Waals surface area contributed by atoms with Gasteiger partial charge in [-0.1, -0.05) is 6.08 Å². The summed E-state index contributed by atoms with van der Waals surface area (Å²) in [6.45, 7) is 0.519. The SMILES string of the molecule is O=C(O)C1=CCNc2ncccc21. The second-order valence-electron chi connectivity index (χ2n) is 2.70. The van der Waals surface area contributed by atoms with Crippen molar-refractivity contribution in [1.29, 1.82) is 0 Å². The van der Waals surface area contributed by atoms with Crippen molar-refractivity contribution in [2.45, 2.75) is 0 Å². The van der Waals surface area contributed by atoms with E-state index in [0.717, 1.165) is 0 Å². The van der Waals surface area contributed by atoms with Gasteiger partial charge in [0.15, 0.2) is 0 Å². The number of pyridine rings is 1. The van der Waals surface area contributed by atoms with Crippen molar-refractivity contribution in [1.82, 2.24) is 4.98 Å². The van der Waals surface area contributed by atoms with Crippen LogP contribution in [0.1, 0.15) is 5.56 Å². The molecule has 0 spiro atoms. The Bertz CT molecular complexity index is 385. The molecule has 0 saturated carbocycles. The Kier molecular flexibility index (Phi) is 1.73. The molecule has 0 saturated heterocycles. The van der Waals surface area contributed by atoms with Crippen LogP contribution in [0.5, 0.6) is 0 Å². The largest absolute Gasteiger partial charge is 0.478 e. The van der Waals surface area contributed by atoms with Crippen LogP contribution in [0.25, 0.3) is 5.57 Å². The first-order valence-electron chi connectivity index (χ1n) is 3.92. The van der Waals surface area contributed by atoms with Gasteiger partial charge in [-0.15, -0.1) is 0 Å². The van der Waals surface area contributed by atoms with Gasteiger partial charge < -0.3 is 10.4 Å². The summed E-state index contributed by atoms with van der Waals surface area (Å²) in [4.78, 5) is 14.8. The van der Waals surface area contributed by atoms with E-state index >= 15 is 0 Å². The lowest BCUT2D eigenvalue weighted by molar-refractivity contribution is -0.130. The number of aliphatic carboxylic acids is 1. The Morgan fingerprint density at radius 2 is 2.46 bits per heavy atom. The highest BCUT2D eigenvalue weighted by atomic mass is 16.4. The summed E-state index contributed by atoms with van der Waals surface area (Å²) >= 11 is 0. The second-order valence-corrected chi connectivity index (χ2v) is 2.70. The van der Waals surface area contributed by atoms with Crippen LogP contribution in [0, 0.1) is 0 Å². The van der Waals surface area contributed by atoms with Crippen LogP contribution in [0.4, 0.5) is 5.82 Å². The van der Waals surface area contributed by atoms with Gasteiger partial charge in [-0.3, -0.25) is 0 Å². The molecule has 0 aromatic carbocycles. The van der Waals surface area contributed by atoms with E-state index in [-0.39, 0.29) is 0 Å². The lowest BCUT2D eigenvalue weighted by Gasteiger charge is -2.14. The number of hydrogen-bond acceptors (Lipinski definition) is 3. The highest BCUT2D eigenvalue weighted by molar-refractivity contribution is 6.17. The molecule has 2 N–H and O–H groups in total. The highest BCUT2D eigenvalue weighted by Gasteiger charge is 2.17. The topological polar surface area (TPSA) is 62.2 Å². The first kappa shape index (κ1) is 7.79. The minimum absolute atomic E-state index is 0.321. The van der Waals surface area contributed by atoms with E-state index in [1.54, 1.807) is 24.4 Å². The lowest BCUT2D eigenvalue weighted by atomic mass is 10.0. The van der Waals surface area contributed by atoms with Gasteiger partial charge >= 0.3 is 5.97 Å². The zero-order chi connectivity index (χ0) is 9.26. The Hall–Kier alpha value is -1.84. The number of hydrogen-bond donors (Lipinski definition) is 2. The normalized spacial score (nSPS) is 14.0. The summed E-state index contributed by atoms with van der Waals surface area (Å²) in [6.07, 6.45) is 3.28. The Balaban J connectivity index is 2.53. The molecule has 1 aliphatic rings. The van der Waals surface area contributed by atoms with Crippen LogP contribution in [-0.4, -0.2) is 22.6 Å². The molecule has 2 heterocycles. The number of nitrogens with zero attached hydrogens (tertiary/aromatic N) is 1. The van der Waals surface area contributed by atoms with Gasteiger partial charge in [0.05, 0.1) is 5.57 Å². The van der Waals surface area contributed by atoms with Gasteiger partial charge in [-0.05, 0) is 12.1 Å². The van der Waals surface area contributed by atoms with E-state index in [1.807, 2.05) is 0 Å². The summed E-state index contributed by atoms with van der Waals surface area (Å²) < 4.78 is 0. The Morgan fingerprint density at radius 1 is 1.62 bits per heavy atom. The number of nitrogens with one attached hydrogen (secondary N) is 1. The predicted octanol–water partition coefficient (Wildman–Crippen LogP) is 0.975. The molecule has 0 atom stereocenters. The van der Waals surface area contributed by atoms with Crippen molar-refractivity contribution < 1.29 is 9.90 Å². The first-order valence-corrected chi connectivity index (χ1v) is 3.92. The van der Waals surface area contributed by atoms with Gasteiger partial charge in [0.25, 0.3) is 0 Å². The second kappa shape index (κ2) is 2.90. The van der Waals surface area contributed by atoms with Gasteiger partial charge in [-0.25, -0.2) is 9.78 Å². The monoisotopic (exact) mass is 176 g/mol. The third-order valence-corrected chi connectivity index (χ3v) is 1.90. The van der Waals surface area contributed by atoms with Crippen LogP contribution >= 0.6 is 0 Å². The fourth-order valence-electron chi connectivity index (χ4n) is 1.33. The molecule has 0 bridgehead atoms. The van der Waals surface area contributed by atoms with Crippen molar-refractivity contribution in [2.24, 2.45) is 0 Å². The van der Waals surface area contributed by atoms with Crippen LogP contribution in [-0.2, 0) is 4.79 Å². The summed E-state index contributed by atoms with van der Waals surface area (Å²) in [5.41, 5.74) is 0.975. The maximum atomic E-state index is 10.8. The van der Waals surface area contributed by atoms with Gasteiger partial charge in [0, 0.05) is 18.3 Å². The fraction of sp³-hybridized carbons (Fsp3) is 0.111. The summed E-state index contributed by atoms with van der Waals surface area (Å²) in [5.74, 6) is -0.266.